The lowest BCUT2D eigenvalue weighted by Crippen LogP contribution is -2.28. The maximum Gasteiger partial charge on any atom is 0.329 e. The summed E-state index contributed by atoms with van der Waals surface area (Å²) in [7, 11) is 1.52. The average molecular weight is 352 g/mol. The molecule has 0 unspecified atom stereocenters. The van der Waals surface area contributed by atoms with E-state index in [1.165, 1.54) is 11.6 Å². The lowest BCUT2D eigenvalue weighted by atomic mass is 10.2. The number of aromatic nitrogens is 5. The molecule has 0 aliphatic carbocycles. The van der Waals surface area contributed by atoms with Gasteiger partial charge in [0.1, 0.15) is 11.3 Å². The van der Waals surface area contributed by atoms with Crippen molar-refractivity contribution in [1.82, 2.24) is 24.5 Å². The number of nitrogens with one attached hydrogen (secondary N) is 4. The fourth-order valence-corrected chi connectivity index (χ4v) is 2.85. The fourth-order valence-electron chi connectivity index (χ4n) is 2.85. The van der Waals surface area contributed by atoms with E-state index < -0.39 is 11.2 Å². The second kappa shape index (κ2) is 6.03. The molecule has 4 aromatic rings. The van der Waals surface area contributed by atoms with Crippen LogP contribution in [0.5, 0.6) is 0 Å². The van der Waals surface area contributed by atoms with Crippen LogP contribution in [0.3, 0.4) is 0 Å². The Morgan fingerprint density at radius 1 is 1.23 bits per heavy atom. The van der Waals surface area contributed by atoms with Gasteiger partial charge in [-0.25, -0.2) is 9.78 Å². The number of benzene rings is 1. The first kappa shape index (κ1) is 15.9. The van der Waals surface area contributed by atoms with Gasteiger partial charge in [-0.2, -0.15) is 0 Å². The molecule has 0 saturated heterocycles. The van der Waals surface area contributed by atoms with E-state index in [0.29, 0.717) is 17.9 Å². The molecule has 26 heavy (non-hydrogen) atoms. The van der Waals surface area contributed by atoms with E-state index in [0.717, 1.165) is 10.9 Å². The number of imidazole rings is 1. The predicted octanol–water partition coefficient (Wildman–Crippen LogP) is 1.00. The highest BCUT2D eigenvalue weighted by atomic mass is 16.2. The van der Waals surface area contributed by atoms with Crippen molar-refractivity contribution in [2.45, 2.75) is 12.8 Å². The highest BCUT2D eigenvalue weighted by Crippen LogP contribution is 2.18. The Kier molecular flexibility index (Phi) is 3.68. The van der Waals surface area contributed by atoms with E-state index in [4.69, 9.17) is 0 Å². The first-order chi connectivity index (χ1) is 12.5. The van der Waals surface area contributed by atoms with Gasteiger partial charge >= 0.3 is 5.69 Å². The van der Waals surface area contributed by atoms with Crippen LogP contribution in [0.4, 0.5) is 5.69 Å². The SMILES string of the molecule is Cn1c(=O)[nH]c(=O)c2[nH]c(CCC(=O)Nc3ccc4cc[nH]c4c3)nc21. The molecule has 0 spiro atoms. The van der Waals surface area contributed by atoms with Crippen LogP contribution in [0.1, 0.15) is 12.2 Å². The summed E-state index contributed by atoms with van der Waals surface area (Å²) in [6.45, 7) is 0. The second-order valence-corrected chi connectivity index (χ2v) is 6.03. The van der Waals surface area contributed by atoms with Gasteiger partial charge in [0, 0.05) is 37.3 Å². The highest BCUT2D eigenvalue weighted by molar-refractivity contribution is 5.93. The minimum absolute atomic E-state index is 0.167. The molecule has 0 aliphatic heterocycles. The van der Waals surface area contributed by atoms with Crippen molar-refractivity contribution in [3.8, 4) is 0 Å². The van der Waals surface area contributed by atoms with Gasteiger partial charge < -0.3 is 15.3 Å². The Morgan fingerprint density at radius 2 is 2.08 bits per heavy atom. The van der Waals surface area contributed by atoms with Crippen molar-refractivity contribution in [1.29, 1.82) is 0 Å². The van der Waals surface area contributed by atoms with Crippen LogP contribution in [0, 0.1) is 0 Å². The molecule has 3 heterocycles. The van der Waals surface area contributed by atoms with Crippen LogP contribution < -0.4 is 16.6 Å². The molecule has 4 rings (SSSR count). The number of hydrogen-bond donors (Lipinski definition) is 4. The van der Waals surface area contributed by atoms with Crippen molar-refractivity contribution in [3.05, 3.63) is 57.1 Å². The quantitative estimate of drug-likeness (QED) is 0.437. The predicted molar refractivity (Wildman–Crippen MR) is 97.2 cm³/mol. The van der Waals surface area contributed by atoms with Crippen LogP contribution in [-0.2, 0) is 18.3 Å². The smallest absolute Gasteiger partial charge is 0.329 e. The standard InChI is InChI=1S/C17H16N6O3/c1-23-15-14(16(25)22-17(23)26)20-12(21-15)4-5-13(24)19-10-3-2-9-6-7-18-11(9)8-10/h2-3,6-8,18H,4-5H2,1H3,(H,19,24)(H,20,21)(H,22,25,26). The van der Waals surface area contributed by atoms with Crippen molar-refractivity contribution < 1.29 is 4.79 Å². The molecule has 3 aromatic heterocycles. The van der Waals surface area contributed by atoms with Crippen LogP contribution in [0.2, 0.25) is 0 Å². The van der Waals surface area contributed by atoms with Gasteiger partial charge in [0.25, 0.3) is 5.56 Å². The number of rotatable bonds is 4. The van der Waals surface area contributed by atoms with Gasteiger partial charge in [-0.1, -0.05) is 6.07 Å². The van der Waals surface area contributed by atoms with Crippen LogP contribution in [-0.4, -0.2) is 30.4 Å². The topological polar surface area (TPSA) is 128 Å². The Labute approximate surface area is 146 Å². The summed E-state index contributed by atoms with van der Waals surface area (Å²) in [5.41, 5.74) is 1.09. The van der Waals surface area contributed by atoms with Gasteiger partial charge in [0.2, 0.25) is 5.91 Å². The third kappa shape index (κ3) is 2.79. The zero-order chi connectivity index (χ0) is 18.3. The molecule has 0 bridgehead atoms. The van der Waals surface area contributed by atoms with Gasteiger partial charge in [-0.3, -0.25) is 19.1 Å². The van der Waals surface area contributed by atoms with Crippen molar-refractivity contribution in [2.24, 2.45) is 7.05 Å². The molecule has 9 heteroatoms. The van der Waals surface area contributed by atoms with E-state index in [9.17, 15) is 14.4 Å². The van der Waals surface area contributed by atoms with Gasteiger partial charge in [-0.05, 0) is 23.6 Å². The zero-order valence-electron chi connectivity index (χ0n) is 13.9. The Hall–Kier alpha value is -3.62. The molecule has 132 valence electrons. The number of hydrogen-bond acceptors (Lipinski definition) is 4. The van der Waals surface area contributed by atoms with Crippen molar-refractivity contribution >= 4 is 33.7 Å². The maximum atomic E-state index is 12.2. The molecule has 0 atom stereocenters. The maximum absolute atomic E-state index is 12.2. The first-order valence-corrected chi connectivity index (χ1v) is 8.06. The largest absolute Gasteiger partial charge is 0.361 e. The van der Waals surface area contributed by atoms with Crippen LogP contribution in [0.25, 0.3) is 22.1 Å². The first-order valence-electron chi connectivity index (χ1n) is 8.06. The lowest BCUT2D eigenvalue weighted by Gasteiger charge is -2.04. The minimum atomic E-state index is -0.530. The number of anilines is 1. The van der Waals surface area contributed by atoms with Gasteiger partial charge in [-0.15, -0.1) is 0 Å². The Bertz CT molecular complexity index is 1240. The molecule has 1 aromatic carbocycles. The third-order valence-electron chi connectivity index (χ3n) is 4.23. The number of aryl methyl sites for hydroxylation is 2. The summed E-state index contributed by atoms with van der Waals surface area (Å²) in [4.78, 5) is 48.0. The Balaban J connectivity index is 1.48. The fraction of sp³-hybridized carbons (Fsp3) is 0.176. The molecule has 4 N–H and O–H groups in total. The summed E-state index contributed by atoms with van der Waals surface area (Å²) in [5, 5.41) is 3.91. The molecule has 0 fully saturated rings. The lowest BCUT2D eigenvalue weighted by molar-refractivity contribution is -0.116. The molecule has 0 aliphatic rings. The number of fused-ring (bicyclic) bond motifs is 2. The van der Waals surface area contributed by atoms with E-state index in [1.807, 2.05) is 30.5 Å². The van der Waals surface area contributed by atoms with Gasteiger partial charge in [0.05, 0.1) is 0 Å². The number of carbonyl (C=O) groups excluding carboxylic acids is 1. The van der Waals surface area contributed by atoms with Crippen LogP contribution in [0.15, 0.2) is 40.1 Å². The summed E-state index contributed by atoms with van der Waals surface area (Å²) in [5.74, 6) is 0.306. The van der Waals surface area contributed by atoms with Crippen molar-refractivity contribution in [2.75, 3.05) is 5.32 Å². The third-order valence-corrected chi connectivity index (χ3v) is 4.23. The Morgan fingerprint density at radius 3 is 2.92 bits per heavy atom. The van der Waals surface area contributed by atoms with Crippen molar-refractivity contribution in [3.63, 3.8) is 0 Å². The number of nitrogens with zero attached hydrogens (tertiary/aromatic N) is 2. The molecular weight excluding hydrogens is 336 g/mol. The number of amides is 1. The second-order valence-electron chi connectivity index (χ2n) is 6.03. The molecule has 0 radical (unpaired) electrons. The average Bonchev–Trinajstić information content (AvgIpc) is 3.24. The highest BCUT2D eigenvalue weighted by Gasteiger charge is 2.12. The number of carbonyl (C=O) groups is 1. The molecule has 1 amide bonds. The van der Waals surface area contributed by atoms with Gasteiger partial charge in [0.15, 0.2) is 5.65 Å². The summed E-state index contributed by atoms with van der Waals surface area (Å²) >= 11 is 0. The monoisotopic (exact) mass is 352 g/mol. The molecular formula is C17H16N6O3. The molecule has 0 saturated carbocycles. The van der Waals surface area contributed by atoms with Crippen LogP contribution >= 0.6 is 0 Å². The van der Waals surface area contributed by atoms with E-state index in [2.05, 4.69) is 25.3 Å². The van der Waals surface area contributed by atoms with E-state index >= 15 is 0 Å². The zero-order valence-corrected chi connectivity index (χ0v) is 13.9. The van der Waals surface area contributed by atoms with E-state index in [1.54, 1.807) is 0 Å². The summed E-state index contributed by atoms with van der Waals surface area (Å²) in [6, 6.07) is 7.58. The summed E-state index contributed by atoms with van der Waals surface area (Å²) in [6.07, 6.45) is 2.35. The molecule has 9 nitrogen and oxygen atoms in total. The number of H-pyrrole nitrogens is 3. The number of aromatic amines is 3. The van der Waals surface area contributed by atoms with E-state index in [-0.39, 0.29) is 23.5 Å². The summed E-state index contributed by atoms with van der Waals surface area (Å²) < 4.78 is 1.25. The minimum Gasteiger partial charge on any atom is -0.361 e. The normalized spacial score (nSPS) is 11.3.